The number of benzene rings is 1. The van der Waals surface area contributed by atoms with Crippen LogP contribution in [0.25, 0.3) is 16.8 Å². The molecule has 3 aromatic rings. The monoisotopic (exact) mass is 409 g/mol. The van der Waals surface area contributed by atoms with E-state index in [9.17, 15) is 14.7 Å². The second-order valence-corrected chi connectivity index (χ2v) is 8.20. The zero-order chi connectivity index (χ0) is 21.9. The molecule has 0 bridgehead atoms. The molecule has 30 heavy (non-hydrogen) atoms. The molecule has 8 heteroatoms. The number of Topliss-reactive ketones (excluding diaryl/α,β-unsaturated/α-hetero) is 1. The first-order valence-corrected chi connectivity index (χ1v) is 9.76. The second-order valence-electron chi connectivity index (χ2n) is 8.20. The highest BCUT2D eigenvalue weighted by molar-refractivity contribution is 5.86. The van der Waals surface area contributed by atoms with Gasteiger partial charge in [0.05, 0.1) is 18.1 Å². The van der Waals surface area contributed by atoms with Crippen molar-refractivity contribution in [3.63, 3.8) is 0 Å². The topological polar surface area (TPSA) is 116 Å². The van der Waals surface area contributed by atoms with Gasteiger partial charge in [0.2, 0.25) is 0 Å². The van der Waals surface area contributed by atoms with E-state index in [1.807, 2.05) is 30.3 Å². The number of hydrogen-bond acceptors (Lipinski definition) is 6. The first-order valence-electron chi connectivity index (χ1n) is 9.76. The molecule has 1 unspecified atom stereocenters. The maximum atomic E-state index is 12.6. The quantitative estimate of drug-likeness (QED) is 0.586. The number of rotatable bonds is 8. The molecule has 3 N–H and O–H groups in total. The van der Waals surface area contributed by atoms with Crippen molar-refractivity contribution in [2.75, 3.05) is 6.61 Å². The van der Waals surface area contributed by atoms with E-state index in [-0.39, 0.29) is 11.3 Å². The summed E-state index contributed by atoms with van der Waals surface area (Å²) < 4.78 is 1.56. The van der Waals surface area contributed by atoms with Crippen molar-refractivity contribution in [2.24, 2.45) is 11.1 Å². The van der Waals surface area contributed by atoms with E-state index in [4.69, 9.17) is 5.73 Å². The minimum Gasteiger partial charge on any atom is -0.389 e. The zero-order valence-corrected chi connectivity index (χ0v) is 17.4. The van der Waals surface area contributed by atoms with Crippen LogP contribution < -0.4 is 11.3 Å². The standard InChI is InChI=1S/C22H27N5O3/c1-21(2,23)22(3,19(29)15-28)9-13-26-12-8-17(14-20(26)30)16-4-6-18(7-5-16)27-24-10-11-25-27/h4-8,10-12,14,28H,9,13,15,23H2,1-3H3. The third-order valence-electron chi connectivity index (χ3n) is 5.88. The number of carbonyl (C=O) groups is 1. The van der Waals surface area contributed by atoms with Crippen LogP contribution in [0, 0.1) is 5.41 Å². The van der Waals surface area contributed by atoms with Crippen LogP contribution in [0.2, 0.25) is 0 Å². The SMILES string of the molecule is CC(C)(N)C(C)(CCn1ccc(-c2ccc(-n3nccn3)cc2)cc1=O)C(=O)CO. The number of aromatic nitrogens is 4. The number of aliphatic hydroxyl groups is 1. The van der Waals surface area contributed by atoms with Crippen molar-refractivity contribution in [3.05, 3.63) is 65.3 Å². The van der Waals surface area contributed by atoms with Gasteiger partial charge in [-0.15, -0.1) is 0 Å². The van der Waals surface area contributed by atoms with Gasteiger partial charge in [0, 0.05) is 29.8 Å². The lowest BCUT2D eigenvalue weighted by molar-refractivity contribution is -0.134. The molecule has 0 aliphatic rings. The van der Waals surface area contributed by atoms with Gasteiger partial charge in [0.1, 0.15) is 6.61 Å². The van der Waals surface area contributed by atoms with Gasteiger partial charge in [0.15, 0.2) is 5.78 Å². The Morgan fingerprint density at radius 1 is 1.07 bits per heavy atom. The molecule has 0 aliphatic heterocycles. The molecule has 0 amide bonds. The van der Waals surface area contributed by atoms with E-state index < -0.39 is 17.6 Å². The molecule has 0 spiro atoms. The van der Waals surface area contributed by atoms with Gasteiger partial charge in [-0.25, -0.2) is 0 Å². The number of nitrogens with zero attached hydrogens (tertiary/aromatic N) is 4. The van der Waals surface area contributed by atoms with Crippen molar-refractivity contribution in [2.45, 2.75) is 39.3 Å². The normalized spacial score (nSPS) is 13.8. The lowest BCUT2D eigenvalue weighted by Crippen LogP contribution is -2.55. The minimum absolute atomic E-state index is 0.168. The first kappa shape index (κ1) is 21.6. The van der Waals surface area contributed by atoms with Crippen molar-refractivity contribution >= 4 is 5.78 Å². The summed E-state index contributed by atoms with van der Waals surface area (Å²) in [5, 5.41) is 17.5. The molecule has 0 radical (unpaired) electrons. The Kier molecular flexibility index (Phi) is 6.00. The summed E-state index contributed by atoms with van der Waals surface area (Å²) in [5.74, 6) is -0.327. The van der Waals surface area contributed by atoms with Crippen LogP contribution in [0.1, 0.15) is 27.2 Å². The van der Waals surface area contributed by atoms with Crippen molar-refractivity contribution < 1.29 is 9.90 Å². The van der Waals surface area contributed by atoms with Crippen molar-refractivity contribution in [1.82, 2.24) is 19.6 Å². The second kappa shape index (κ2) is 8.33. The largest absolute Gasteiger partial charge is 0.389 e. The lowest BCUT2D eigenvalue weighted by atomic mass is 9.68. The summed E-state index contributed by atoms with van der Waals surface area (Å²) >= 11 is 0. The maximum Gasteiger partial charge on any atom is 0.251 e. The average molecular weight is 409 g/mol. The van der Waals surface area contributed by atoms with Crippen molar-refractivity contribution in [3.8, 4) is 16.8 Å². The van der Waals surface area contributed by atoms with E-state index in [0.29, 0.717) is 13.0 Å². The number of ketones is 1. The predicted molar refractivity (Wildman–Crippen MR) is 114 cm³/mol. The molecule has 1 atom stereocenters. The minimum atomic E-state index is -0.948. The van der Waals surface area contributed by atoms with Crippen molar-refractivity contribution in [1.29, 1.82) is 0 Å². The summed E-state index contributed by atoms with van der Waals surface area (Å²) in [5.41, 5.74) is 6.79. The van der Waals surface area contributed by atoms with Crippen LogP contribution in [0.4, 0.5) is 0 Å². The van der Waals surface area contributed by atoms with Gasteiger partial charge >= 0.3 is 0 Å². The fourth-order valence-electron chi connectivity index (χ4n) is 3.35. The molecule has 0 saturated carbocycles. The first-order chi connectivity index (χ1) is 14.2. The Balaban J connectivity index is 1.78. The van der Waals surface area contributed by atoms with E-state index in [2.05, 4.69) is 10.2 Å². The third kappa shape index (κ3) is 4.24. The highest BCUT2D eigenvalue weighted by atomic mass is 16.3. The summed E-state index contributed by atoms with van der Waals surface area (Å²) in [6.07, 6.45) is 5.28. The smallest absolute Gasteiger partial charge is 0.251 e. The summed E-state index contributed by atoms with van der Waals surface area (Å²) in [6.45, 7) is 5.01. The molecule has 0 fully saturated rings. The maximum absolute atomic E-state index is 12.6. The van der Waals surface area contributed by atoms with Crippen LogP contribution in [0.5, 0.6) is 0 Å². The Morgan fingerprint density at radius 2 is 1.70 bits per heavy atom. The van der Waals surface area contributed by atoms with E-state index >= 15 is 0 Å². The summed E-state index contributed by atoms with van der Waals surface area (Å²) in [6, 6.07) is 11.0. The third-order valence-corrected chi connectivity index (χ3v) is 5.88. The number of aliphatic hydroxyl groups excluding tert-OH is 1. The van der Waals surface area contributed by atoms with Gasteiger partial charge in [-0.05, 0) is 49.6 Å². The molecule has 1 aromatic carbocycles. The average Bonchev–Trinajstić information content (AvgIpc) is 3.26. The van der Waals surface area contributed by atoms with Crippen LogP contribution in [0.3, 0.4) is 0 Å². The Bertz CT molecular complexity index is 1070. The zero-order valence-electron chi connectivity index (χ0n) is 17.4. The van der Waals surface area contributed by atoms with Gasteiger partial charge in [-0.2, -0.15) is 15.0 Å². The van der Waals surface area contributed by atoms with E-state index in [0.717, 1.165) is 16.8 Å². The fourth-order valence-corrected chi connectivity index (χ4v) is 3.35. The molecular weight excluding hydrogens is 382 g/mol. The van der Waals surface area contributed by atoms with Gasteiger partial charge in [0.25, 0.3) is 5.56 Å². The highest BCUT2D eigenvalue weighted by Gasteiger charge is 2.43. The molecule has 0 aliphatic carbocycles. The molecule has 158 valence electrons. The molecule has 3 rings (SSSR count). The van der Waals surface area contributed by atoms with Gasteiger partial charge in [-0.1, -0.05) is 19.1 Å². The van der Waals surface area contributed by atoms with E-state index in [1.165, 1.54) is 4.80 Å². The van der Waals surface area contributed by atoms with Gasteiger partial charge < -0.3 is 15.4 Å². The van der Waals surface area contributed by atoms with E-state index in [1.54, 1.807) is 50.0 Å². The van der Waals surface area contributed by atoms with Crippen LogP contribution in [-0.2, 0) is 11.3 Å². The summed E-state index contributed by atoms with van der Waals surface area (Å²) in [7, 11) is 0. The number of hydrogen-bond donors (Lipinski definition) is 2. The molecular formula is C22H27N5O3. The molecule has 2 aromatic heterocycles. The Morgan fingerprint density at radius 3 is 2.23 bits per heavy atom. The number of nitrogens with two attached hydrogens (primary N) is 1. The number of carbonyl (C=O) groups excluding carboxylic acids is 1. The van der Waals surface area contributed by atoms with Crippen LogP contribution in [-0.4, -0.2) is 42.6 Å². The predicted octanol–water partition coefficient (Wildman–Crippen LogP) is 1.79. The molecule has 0 saturated heterocycles. The number of aryl methyl sites for hydroxylation is 1. The summed E-state index contributed by atoms with van der Waals surface area (Å²) in [4.78, 5) is 26.5. The molecule has 2 heterocycles. The highest BCUT2D eigenvalue weighted by Crippen LogP contribution is 2.34. The van der Waals surface area contributed by atoms with Gasteiger partial charge in [-0.3, -0.25) is 9.59 Å². The lowest BCUT2D eigenvalue weighted by Gasteiger charge is -2.40. The van der Waals surface area contributed by atoms with Crippen LogP contribution >= 0.6 is 0 Å². The number of pyridine rings is 1. The fraction of sp³-hybridized carbons (Fsp3) is 0.364. The van der Waals surface area contributed by atoms with Crippen LogP contribution in [0.15, 0.2) is 59.8 Å². The Labute approximate surface area is 175 Å². The molecule has 8 nitrogen and oxygen atoms in total. The Hall–Kier alpha value is -3.10.